The topological polar surface area (TPSA) is 49.3 Å². The molecule has 7 heteroatoms. The highest BCUT2D eigenvalue weighted by molar-refractivity contribution is 7.09. The molecule has 5 nitrogen and oxygen atoms in total. The number of aryl methyl sites for hydroxylation is 2. The summed E-state index contributed by atoms with van der Waals surface area (Å²) in [5.41, 5.74) is 4.05. The average Bonchev–Trinajstić information content (AvgIpc) is 3.00. The molecule has 0 atom stereocenters. The number of thiazole rings is 1. The van der Waals surface area contributed by atoms with Crippen LogP contribution in [0.3, 0.4) is 0 Å². The van der Waals surface area contributed by atoms with Crippen LogP contribution < -0.4 is 0 Å². The number of carbonyl (C=O) groups is 1. The Morgan fingerprint density at radius 1 is 1.25 bits per heavy atom. The van der Waals surface area contributed by atoms with Crippen molar-refractivity contribution in [2.24, 2.45) is 0 Å². The van der Waals surface area contributed by atoms with Gasteiger partial charge in [0.15, 0.2) is 0 Å². The molecule has 0 aliphatic carbocycles. The van der Waals surface area contributed by atoms with E-state index in [0.717, 1.165) is 50.4 Å². The second kappa shape index (κ2) is 8.05. The number of hydrogen-bond acceptors (Lipinski definition) is 5. The SMILES string of the molecule is Cc1ncsc1CCC(=O)N1CCN(Cc2ccc(Cl)nc2)CC1. The molecule has 3 heterocycles. The fourth-order valence-corrected chi connectivity index (χ4v) is 3.75. The number of carbonyl (C=O) groups excluding carboxylic acids is 1. The third kappa shape index (κ3) is 4.53. The lowest BCUT2D eigenvalue weighted by Gasteiger charge is -2.34. The van der Waals surface area contributed by atoms with Crippen LogP contribution in [0, 0.1) is 6.92 Å². The summed E-state index contributed by atoms with van der Waals surface area (Å²) >= 11 is 7.45. The van der Waals surface area contributed by atoms with E-state index in [1.165, 1.54) is 4.88 Å². The number of rotatable bonds is 5. The maximum Gasteiger partial charge on any atom is 0.223 e. The van der Waals surface area contributed by atoms with Crippen LogP contribution in [-0.2, 0) is 17.8 Å². The van der Waals surface area contributed by atoms with E-state index in [4.69, 9.17) is 11.6 Å². The molecule has 1 fully saturated rings. The van der Waals surface area contributed by atoms with Crippen LogP contribution in [0.5, 0.6) is 0 Å². The maximum absolute atomic E-state index is 12.4. The summed E-state index contributed by atoms with van der Waals surface area (Å²) in [7, 11) is 0. The van der Waals surface area contributed by atoms with Gasteiger partial charge in [0, 0.05) is 50.2 Å². The first-order chi connectivity index (χ1) is 11.6. The molecule has 1 saturated heterocycles. The van der Waals surface area contributed by atoms with Crippen molar-refractivity contribution in [3.8, 4) is 0 Å². The summed E-state index contributed by atoms with van der Waals surface area (Å²) < 4.78 is 0. The van der Waals surface area contributed by atoms with E-state index in [-0.39, 0.29) is 5.91 Å². The Hall–Kier alpha value is -1.50. The van der Waals surface area contributed by atoms with Gasteiger partial charge in [-0.15, -0.1) is 11.3 Å². The van der Waals surface area contributed by atoms with E-state index < -0.39 is 0 Å². The number of nitrogens with zero attached hydrogens (tertiary/aromatic N) is 4. The number of aromatic nitrogens is 2. The summed E-state index contributed by atoms with van der Waals surface area (Å²) in [6.45, 7) is 6.23. The molecule has 1 aliphatic rings. The zero-order chi connectivity index (χ0) is 16.9. The molecule has 0 unspecified atom stereocenters. The predicted molar refractivity (Wildman–Crippen MR) is 96.3 cm³/mol. The Labute approximate surface area is 151 Å². The number of halogens is 1. The molecule has 1 amide bonds. The van der Waals surface area contributed by atoms with Crippen LogP contribution in [0.2, 0.25) is 5.15 Å². The third-order valence-electron chi connectivity index (χ3n) is 4.33. The highest BCUT2D eigenvalue weighted by Gasteiger charge is 2.21. The molecule has 0 spiro atoms. The first-order valence-electron chi connectivity index (χ1n) is 8.11. The molecule has 0 bridgehead atoms. The third-order valence-corrected chi connectivity index (χ3v) is 5.55. The monoisotopic (exact) mass is 364 g/mol. The second-order valence-corrected chi connectivity index (χ2v) is 7.33. The van der Waals surface area contributed by atoms with Gasteiger partial charge < -0.3 is 4.90 Å². The van der Waals surface area contributed by atoms with Crippen LogP contribution in [0.4, 0.5) is 0 Å². The molecule has 0 aromatic carbocycles. The van der Waals surface area contributed by atoms with Gasteiger partial charge >= 0.3 is 0 Å². The molecule has 1 aliphatic heterocycles. The van der Waals surface area contributed by atoms with Crippen molar-refractivity contribution in [2.45, 2.75) is 26.3 Å². The number of amides is 1. The summed E-state index contributed by atoms with van der Waals surface area (Å²) in [5.74, 6) is 0.246. The molecular formula is C17H21ClN4OS. The van der Waals surface area contributed by atoms with Crippen molar-refractivity contribution in [1.82, 2.24) is 19.8 Å². The lowest BCUT2D eigenvalue weighted by molar-refractivity contribution is -0.132. The molecule has 128 valence electrons. The van der Waals surface area contributed by atoms with E-state index in [2.05, 4.69) is 14.9 Å². The number of hydrogen-bond donors (Lipinski definition) is 0. The number of piperazine rings is 1. The minimum absolute atomic E-state index is 0.246. The van der Waals surface area contributed by atoms with Gasteiger partial charge in [0.2, 0.25) is 5.91 Å². The smallest absolute Gasteiger partial charge is 0.223 e. The van der Waals surface area contributed by atoms with Crippen molar-refractivity contribution < 1.29 is 4.79 Å². The molecule has 0 saturated carbocycles. The lowest BCUT2D eigenvalue weighted by atomic mass is 10.2. The van der Waals surface area contributed by atoms with Crippen LogP contribution in [0.15, 0.2) is 23.8 Å². The molecule has 2 aromatic rings. The zero-order valence-corrected chi connectivity index (χ0v) is 15.3. The van der Waals surface area contributed by atoms with Crippen LogP contribution >= 0.6 is 22.9 Å². The van der Waals surface area contributed by atoms with Crippen LogP contribution in [0.1, 0.15) is 22.6 Å². The number of pyridine rings is 1. The first-order valence-corrected chi connectivity index (χ1v) is 9.37. The minimum atomic E-state index is 0.246. The van der Waals surface area contributed by atoms with Crippen LogP contribution in [-0.4, -0.2) is 51.9 Å². The van der Waals surface area contributed by atoms with Gasteiger partial charge in [0.25, 0.3) is 0 Å². The lowest BCUT2D eigenvalue weighted by Crippen LogP contribution is -2.48. The Kier molecular flexibility index (Phi) is 5.81. The molecule has 2 aromatic heterocycles. The zero-order valence-electron chi connectivity index (χ0n) is 13.7. The molecule has 3 rings (SSSR count). The second-order valence-electron chi connectivity index (χ2n) is 6.01. The van der Waals surface area contributed by atoms with E-state index >= 15 is 0 Å². The Morgan fingerprint density at radius 3 is 2.67 bits per heavy atom. The fourth-order valence-electron chi connectivity index (χ4n) is 2.86. The van der Waals surface area contributed by atoms with Gasteiger partial charge in [-0.1, -0.05) is 17.7 Å². The van der Waals surface area contributed by atoms with Crippen LogP contribution in [0.25, 0.3) is 0 Å². The molecule has 0 N–H and O–H groups in total. The van der Waals surface area contributed by atoms with Gasteiger partial charge in [-0.2, -0.15) is 0 Å². The van der Waals surface area contributed by atoms with Gasteiger partial charge in [-0.25, -0.2) is 9.97 Å². The van der Waals surface area contributed by atoms with Gasteiger partial charge in [0.05, 0.1) is 11.2 Å². The summed E-state index contributed by atoms with van der Waals surface area (Å²) in [6.07, 6.45) is 3.19. The minimum Gasteiger partial charge on any atom is -0.340 e. The Bertz CT molecular complexity index is 680. The Morgan fingerprint density at radius 2 is 2.04 bits per heavy atom. The largest absolute Gasteiger partial charge is 0.340 e. The van der Waals surface area contributed by atoms with E-state index in [1.54, 1.807) is 11.3 Å². The predicted octanol–water partition coefficient (Wildman–Crippen LogP) is 2.78. The van der Waals surface area contributed by atoms with Crippen molar-refractivity contribution in [2.75, 3.05) is 26.2 Å². The quantitative estimate of drug-likeness (QED) is 0.765. The van der Waals surface area contributed by atoms with Crippen molar-refractivity contribution in [1.29, 1.82) is 0 Å². The highest BCUT2D eigenvalue weighted by Crippen LogP contribution is 2.16. The highest BCUT2D eigenvalue weighted by atomic mass is 35.5. The van der Waals surface area contributed by atoms with Gasteiger partial charge in [-0.05, 0) is 25.0 Å². The average molecular weight is 365 g/mol. The summed E-state index contributed by atoms with van der Waals surface area (Å²) in [6, 6.07) is 3.82. The van der Waals surface area contributed by atoms with E-state index in [0.29, 0.717) is 11.6 Å². The van der Waals surface area contributed by atoms with E-state index in [9.17, 15) is 4.79 Å². The van der Waals surface area contributed by atoms with Crippen molar-refractivity contribution >= 4 is 28.8 Å². The Balaban J connectivity index is 1.43. The summed E-state index contributed by atoms with van der Waals surface area (Å²) in [4.78, 5) is 26.3. The fraction of sp³-hybridized carbons (Fsp3) is 0.471. The molecule has 24 heavy (non-hydrogen) atoms. The standard InChI is InChI=1S/C17H21ClN4OS/c1-13-15(24-12-20-13)3-5-17(23)22-8-6-21(7-9-22)11-14-2-4-16(18)19-10-14/h2,4,10,12H,3,5-9,11H2,1H3. The normalized spacial score (nSPS) is 15.7. The molecular weight excluding hydrogens is 344 g/mol. The molecule has 0 radical (unpaired) electrons. The van der Waals surface area contributed by atoms with Gasteiger partial charge in [0.1, 0.15) is 5.15 Å². The first kappa shape index (κ1) is 17.3. The van der Waals surface area contributed by atoms with Crippen molar-refractivity contribution in [3.05, 3.63) is 45.1 Å². The maximum atomic E-state index is 12.4. The van der Waals surface area contributed by atoms with Gasteiger partial charge in [-0.3, -0.25) is 9.69 Å². The van der Waals surface area contributed by atoms with Crippen molar-refractivity contribution in [3.63, 3.8) is 0 Å². The summed E-state index contributed by atoms with van der Waals surface area (Å²) in [5, 5.41) is 0.519. The van der Waals surface area contributed by atoms with E-state index in [1.807, 2.05) is 35.7 Å².